The van der Waals surface area contributed by atoms with Crippen molar-refractivity contribution in [1.82, 2.24) is 19.9 Å². The zero-order chi connectivity index (χ0) is 17.2. The van der Waals surface area contributed by atoms with Gasteiger partial charge in [0.15, 0.2) is 12.4 Å². The molecule has 124 valence electrons. The van der Waals surface area contributed by atoms with Crippen LogP contribution in [0.2, 0.25) is 0 Å². The maximum Gasteiger partial charge on any atom is 0.331 e. The highest BCUT2D eigenvalue weighted by Gasteiger charge is 2.21. The van der Waals surface area contributed by atoms with E-state index in [1.807, 2.05) is 41.7 Å². The van der Waals surface area contributed by atoms with Gasteiger partial charge in [-0.05, 0) is 19.9 Å². The maximum atomic E-state index is 11.8. The van der Waals surface area contributed by atoms with Crippen molar-refractivity contribution in [2.24, 2.45) is 7.05 Å². The Kier molecular flexibility index (Phi) is 4.68. The van der Waals surface area contributed by atoms with E-state index < -0.39 is 5.97 Å². The molecule has 0 spiro atoms. The Morgan fingerprint density at radius 2 is 2.04 bits per heavy atom. The van der Waals surface area contributed by atoms with Crippen LogP contribution in [-0.2, 0) is 28.6 Å². The lowest BCUT2D eigenvalue weighted by Gasteiger charge is -2.10. The molecule has 0 atom stereocenters. The monoisotopic (exact) mass is 318 g/mol. The lowest BCUT2D eigenvalue weighted by atomic mass is 9.96. The Morgan fingerprint density at radius 3 is 2.57 bits per heavy atom. The summed E-state index contributed by atoms with van der Waals surface area (Å²) < 4.78 is 12.0. The normalized spacial score (nSPS) is 12.1. The first kappa shape index (κ1) is 16.9. The number of hydrogen-bond donors (Lipinski definition) is 0. The van der Waals surface area contributed by atoms with Gasteiger partial charge in [0.1, 0.15) is 0 Å². The molecule has 2 aromatic rings. The van der Waals surface area contributed by atoms with E-state index in [0.29, 0.717) is 5.82 Å². The predicted molar refractivity (Wildman–Crippen MR) is 84.5 cm³/mol. The van der Waals surface area contributed by atoms with Crippen LogP contribution in [0.15, 0.2) is 10.6 Å². The molecule has 0 fully saturated rings. The Bertz CT molecular complexity index is 735. The summed E-state index contributed by atoms with van der Waals surface area (Å²) in [5, 5.41) is 8.17. The molecule has 0 unspecified atom stereocenters. The van der Waals surface area contributed by atoms with Crippen LogP contribution in [0.4, 0.5) is 0 Å². The summed E-state index contributed by atoms with van der Waals surface area (Å²) >= 11 is 0. The Hall–Kier alpha value is -2.44. The molecular formula is C16H22N4O3. The van der Waals surface area contributed by atoms with E-state index >= 15 is 0 Å². The van der Waals surface area contributed by atoms with Crippen molar-refractivity contribution in [3.63, 3.8) is 0 Å². The minimum atomic E-state index is -0.469. The molecule has 0 saturated carbocycles. The first-order chi connectivity index (χ1) is 10.7. The summed E-state index contributed by atoms with van der Waals surface area (Å²) in [6, 6.07) is 0. The van der Waals surface area contributed by atoms with Crippen molar-refractivity contribution < 1.29 is 14.1 Å². The molecule has 0 aliphatic heterocycles. The van der Waals surface area contributed by atoms with E-state index in [4.69, 9.17) is 9.26 Å². The summed E-state index contributed by atoms with van der Waals surface area (Å²) in [7, 11) is 1.86. The lowest BCUT2D eigenvalue weighted by molar-refractivity contribution is -0.139. The average molecular weight is 318 g/mol. The van der Waals surface area contributed by atoms with Crippen LogP contribution < -0.4 is 0 Å². The highest BCUT2D eigenvalue weighted by Crippen LogP contribution is 2.18. The molecule has 2 aromatic heterocycles. The molecule has 7 heteroatoms. The molecular weight excluding hydrogens is 296 g/mol. The molecule has 0 radical (unpaired) electrons. The predicted octanol–water partition coefficient (Wildman–Crippen LogP) is 2.47. The number of aryl methyl sites for hydroxylation is 2. The quantitative estimate of drug-likeness (QED) is 0.636. The molecule has 0 aliphatic rings. The number of ether oxygens (including phenoxy) is 1. The topological polar surface area (TPSA) is 83.0 Å². The minimum Gasteiger partial charge on any atom is -0.452 e. The van der Waals surface area contributed by atoms with Crippen molar-refractivity contribution in [1.29, 1.82) is 0 Å². The van der Waals surface area contributed by atoms with E-state index in [9.17, 15) is 4.79 Å². The molecule has 0 saturated heterocycles. The summed E-state index contributed by atoms with van der Waals surface area (Å²) in [5.41, 5.74) is 2.55. The molecule has 0 bridgehead atoms. The summed E-state index contributed by atoms with van der Waals surface area (Å²) in [6.07, 6.45) is 3.08. The van der Waals surface area contributed by atoms with E-state index in [2.05, 4.69) is 15.2 Å². The van der Waals surface area contributed by atoms with Gasteiger partial charge in [0.25, 0.3) is 5.89 Å². The van der Waals surface area contributed by atoms with Crippen molar-refractivity contribution >= 4 is 12.0 Å². The number of aromatic nitrogens is 4. The molecule has 7 nitrogen and oxygen atoms in total. The van der Waals surface area contributed by atoms with Crippen molar-refractivity contribution in [3.05, 3.63) is 34.7 Å². The van der Waals surface area contributed by atoms with Gasteiger partial charge in [-0.3, -0.25) is 4.68 Å². The Balaban J connectivity index is 1.95. The van der Waals surface area contributed by atoms with Gasteiger partial charge in [0.05, 0.1) is 5.69 Å². The second-order valence-corrected chi connectivity index (χ2v) is 6.41. The number of nitrogens with zero attached hydrogens (tertiary/aromatic N) is 4. The molecule has 0 aliphatic carbocycles. The van der Waals surface area contributed by atoms with Gasteiger partial charge in [-0.15, -0.1) is 0 Å². The van der Waals surface area contributed by atoms with Crippen LogP contribution in [-0.4, -0.2) is 25.9 Å². The number of carbonyl (C=O) groups is 1. The van der Waals surface area contributed by atoms with Gasteiger partial charge >= 0.3 is 5.97 Å². The van der Waals surface area contributed by atoms with E-state index in [1.165, 1.54) is 6.08 Å². The first-order valence-corrected chi connectivity index (χ1v) is 7.36. The number of rotatable bonds is 4. The van der Waals surface area contributed by atoms with Crippen LogP contribution in [0.25, 0.3) is 6.08 Å². The fourth-order valence-corrected chi connectivity index (χ4v) is 1.98. The van der Waals surface area contributed by atoms with Crippen LogP contribution in [0.1, 0.15) is 49.4 Å². The van der Waals surface area contributed by atoms with E-state index in [-0.39, 0.29) is 17.9 Å². The van der Waals surface area contributed by atoms with E-state index in [0.717, 1.165) is 17.0 Å². The summed E-state index contributed by atoms with van der Waals surface area (Å²) in [5.74, 6) is 0.397. The molecule has 0 aromatic carbocycles. The van der Waals surface area contributed by atoms with Gasteiger partial charge in [0, 0.05) is 29.8 Å². The van der Waals surface area contributed by atoms with Gasteiger partial charge < -0.3 is 9.26 Å². The standard InChI is InChI=1S/C16H22N4O3/c1-10-12(11(2)20(6)18-10)7-8-14(21)22-9-13-17-15(19-23-13)16(3,4)5/h7-8H,9H2,1-6H3/b8-7+. The molecule has 0 amide bonds. The van der Waals surface area contributed by atoms with Crippen molar-refractivity contribution in [2.45, 2.75) is 46.6 Å². The zero-order valence-electron chi connectivity index (χ0n) is 14.4. The fourth-order valence-electron chi connectivity index (χ4n) is 1.98. The van der Waals surface area contributed by atoms with Crippen molar-refractivity contribution in [2.75, 3.05) is 0 Å². The molecule has 23 heavy (non-hydrogen) atoms. The van der Waals surface area contributed by atoms with Crippen LogP contribution >= 0.6 is 0 Å². The lowest BCUT2D eigenvalue weighted by Crippen LogP contribution is -2.13. The zero-order valence-corrected chi connectivity index (χ0v) is 14.4. The van der Waals surface area contributed by atoms with Gasteiger partial charge in [0.2, 0.25) is 0 Å². The van der Waals surface area contributed by atoms with Gasteiger partial charge in [-0.1, -0.05) is 25.9 Å². The van der Waals surface area contributed by atoms with Gasteiger partial charge in [-0.25, -0.2) is 4.79 Å². The SMILES string of the molecule is Cc1nn(C)c(C)c1/C=C/C(=O)OCc1nc(C(C)(C)C)no1. The number of esters is 1. The molecule has 2 heterocycles. The maximum absolute atomic E-state index is 11.8. The van der Waals surface area contributed by atoms with Crippen LogP contribution in [0, 0.1) is 13.8 Å². The second kappa shape index (κ2) is 6.36. The third kappa shape index (κ3) is 4.06. The van der Waals surface area contributed by atoms with Crippen LogP contribution in [0.3, 0.4) is 0 Å². The summed E-state index contributed by atoms with van der Waals surface area (Å²) in [4.78, 5) is 16.0. The number of hydrogen-bond acceptors (Lipinski definition) is 6. The summed E-state index contributed by atoms with van der Waals surface area (Å²) in [6.45, 7) is 9.73. The second-order valence-electron chi connectivity index (χ2n) is 6.41. The largest absolute Gasteiger partial charge is 0.452 e. The van der Waals surface area contributed by atoms with Crippen LogP contribution in [0.5, 0.6) is 0 Å². The van der Waals surface area contributed by atoms with Crippen molar-refractivity contribution in [3.8, 4) is 0 Å². The van der Waals surface area contributed by atoms with Gasteiger partial charge in [-0.2, -0.15) is 10.1 Å². The smallest absolute Gasteiger partial charge is 0.331 e. The fraction of sp³-hybridized carbons (Fsp3) is 0.500. The Labute approximate surface area is 135 Å². The average Bonchev–Trinajstić information content (AvgIpc) is 3.01. The third-order valence-corrected chi connectivity index (χ3v) is 3.43. The minimum absolute atomic E-state index is 0.0444. The molecule has 0 N–H and O–H groups in total. The third-order valence-electron chi connectivity index (χ3n) is 3.43. The first-order valence-electron chi connectivity index (χ1n) is 7.36. The number of carbonyl (C=O) groups excluding carboxylic acids is 1. The highest BCUT2D eigenvalue weighted by molar-refractivity contribution is 5.87. The van der Waals surface area contributed by atoms with E-state index in [1.54, 1.807) is 10.8 Å². The highest BCUT2D eigenvalue weighted by atomic mass is 16.6. The Morgan fingerprint density at radius 1 is 1.35 bits per heavy atom. The molecule has 2 rings (SSSR count).